The zero-order valence-electron chi connectivity index (χ0n) is 22.1. The van der Waals surface area contributed by atoms with E-state index >= 15 is 0 Å². The fourth-order valence-electron chi connectivity index (χ4n) is 3.93. The lowest BCUT2D eigenvalue weighted by Crippen LogP contribution is -2.34. The van der Waals surface area contributed by atoms with Crippen molar-refractivity contribution in [2.75, 3.05) is 24.7 Å². The molecule has 8 heteroatoms. The van der Waals surface area contributed by atoms with Gasteiger partial charge < -0.3 is 13.9 Å². The molecule has 2 aromatic heterocycles. The van der Waals surface area contributed by atoms with Gasteiger partial charge in [-0.15, -0.1) is 0 Å². The predicted molar refractivity (Wildman–Crippen MR) is 147 cm³/mol. The zero-order valence-corrected chi connectivity index (χ0v) is 22.9. The van der Waals surface area contributed by atoms with Crippen LogP contribution in [0.3, 0.4) is 0 Å². The summed E-state index contributed by atoms with van der Waals surface area (Å²) in [5.74, 6) is 2.46. The van der Waals surface area contributed by atoms with E-state index in [1.807, 2.05) is 13.8 Å². The van der Waals surface area contributed by atoms with Crippen LogP contribution in [0, 0.1) is 28.6 Å². The van der Waals surface area contributed by atoms with Crippen LogP contribution in [0.2, 0.25) is 0 Å². The molecule has 1 unspecified atom stereocenters. The number of rotatable bonds is 12. The van der Waals surface area contributed by atoms with Gasteiger partial charge in [0.25, 0.3) is 0 Å². The van der Waals surface area contributed by atoms with Crippen molar-refractivity contribution in [1.82, 2.24) is 4.98 Å². The quantitative estimate of drug-likeness (QED) is 0.208. The summed E-state index contributed by atoms with van der Waals surface area (Å²) in [6, 6.07) is 12.3. The predicted octanol–water partition coefficient (Wildman–Crippen LogP) is 6.09. The summed E-state index contributed by atoms with van der Waals surface area (Å²) in [5, 5.41) is 9.82. The lowest BCUT2D eigenvalue weighted by Gasteiger charge is -2.30. The van der Waals surface area contributed by atoms with Crippen LogP contribution in [-0.2, 0) is 9.53 Å². The maximum Gasteiger partial charge on any atom is 0.344 e. The number of hydrogen-bond acceptors (Lipinski definition) is 8. The van der Waals surface area contributed by atoms with E-state index in [0.717, 1.165) is 6.42 Å². The Labute approximate surface area is 222 Å². The van der Waals surface area contributed by atoms with Gasteiger partial charge in [-0.3, -0.25) is 4.79 Å². The smallest absolute Gasteiger partial charge is 0.344 e. The number of fused-ring (bicyclic) bond motifs is 1. The highest BCUT2D eigenvalue weighted by Crippen LogP contribution is 2.33. The van der Waals surface area contributed by atoms with E-state index in [1.165, 1.54) is 6.20 Å². The van der Waals surface area contributed by atoms with Crippen molar-refractivity contribution in [1.29, 1.82) is 5.26 Å². The summed E-state index contributed by atoms with van der Waals surface area (Å²) in [7, 11) is 0. The molecule has 3 aromatic rings. The second kappa shape index (κ2) is 12.8. The second-order valence-corrected chi connectivity index (χ2v) is 11.3. The number of aromatic nitrogens is 1. The van der Waals surface area contributed by atoms with Crippen LogP contribution in [0.1, 0.15) is 46.6 Å². The van der Waals surface area contributed by atoms with E-state index in [9.17, 15) is 9.59 Å². The molecule has 0 bridgehead atoms. The van der Waals surface area contributed by atoms with E-state index in [0.29, 0.717) is 64.2 Å². The van der Waals surface area contributed by atoms with Gasteiger partial charge in [0.1, 0.15) is 6.61 Å². The molecule has 0 N–H and O–H groups in total. The van der Waals surface area contributed by atoms with Gasteiger partial charge in [0, 0.05) is 23.0 Å². The maximum atomic E-state index is 12.5. The summed E-state index contributed by atoms with van der Waals surface area (Å²) in [6.07, 6.45) is 2.45. The molecule has 0 radical (unpaired) electrons. The molecule has 0 amide bonds. The third-order valence-electron chi connectivity index (χ3n) is 6.42. The molecule has 0 spiro atoms. The highest BCUT2D eigenvalue weighted by molar-refractivity contribution is 7.99. The first-order valence-electron chi connectivity index (χ1n) is 12.4. The highest BCUT2D eigenvalue weighted by Gasteiger charge is 2.35. The third-order valence-corrected chi connectivity index (χ3v) is 7.33. The Balaban J connectivity index is 1.49. The first kappa shape index (κ1) is 28.3. The van der Waals surface area contributed by atoms with Crippen LogP contribution in [0.25, 0.3) is 22.1 Å². The molecule has 196 valence electrons. The maximum absolute atomic E-state index is 12.5. The van der Waals surface area contributed by atoms with E-state index < -0.39 is 11.0 Å². The monoisotopic (exact) mass is 522 g/mol. The van der Waals surface area contributed by atoms with Crippen LogP contribution in [0.4, 0.5) is 0 Å². The van der Waals surface area contributed by atoms with Gasteiger partial charge in [0.05, 0.1) is 35.4 Å². The molecular formula is C29H34N2O5S. The van der Waals surface area contributed by atoms with Gasteiger partial charge in [-0.2, -0.15) is 17.0 Å². The van der Waals surface area contributed by atoms with Crippen LogP contribution < -0.4 is 10.4 Å². The molecular weight excluding hydrogens is 488 g/mol. The van der Waals surface area contributed by atoms with Crippen LogP contribution >= 0.6 is 11.8 Å². The Hall–Kier alpha value is -3.31. The minimum atomic E-state index is -0.503. The van der Waals surface area contributed by atoms with Gasteiger partial charge in [-0.25, -0.2) is 9.78 Å². The normalized spacial score (nSPS) is 12.4. The minimum absolute atomic E-state index is 0.150. The SMILES string of the molecule is CC(C)CC(C)C(C)(C)C(=O)OCCSCCOc1cc2cc(-c3cccc(C#N)c3)c(=O)oc2cn1. The van der Waals surface area contributed by atoms with E-state index in [1.54, 1.807) is 48.2 Å². The van der Waals surface area contributed by atoms with Gasteiger partial charge in [-0.1, -0.05) is 32.9 Å². The summed E-state index contributed by atoms with van der Waals surface area (Å²) in [5.41, 5.74) is 0.814. The molecule has 0 saturated carbocycles. The van der Waals surface area contributed by atoms with Gasteiger partial charge in [0.2, 0.25) is 5.88 Å². The minimum Gasteiger partial charge on any atom is -0.477 e. The second-order valence-electron chi connectivity index (χ2n) is 10.0. The summed E-state index contributed by atoms with van der Waals surface area (Å²) >= 11 is 1.64. The van der Waals surface area contributed by atoms with Gasteiger partial charge in [-0.05, 0) is 55.9 Å². The molecule has 1 aromatic carbocycles. The van der Waals surface area contributed by atoms with Crippen molar-refractivity contribution in [3.05, 3.63) is 58.6 Å². The van der Waals surface area contributed by atoms with Crippen molar-refractivity contribution >= 4 is 28.7 Å². The fourth-order valence-corrected chi connectivity index (χ4v) is 4.54. The average molecular weight is 523 g/mol. The summed E-state index contributed by atoms with van der Waals surface area (Å²) in [4.78, 5) is 29.2. The summed E-state index contributed by atoms with van der Waals surface area (Å²) in [6.45, 7) is 11.1. The van der Waals surface area contributed by atoms with Crippen molar-refractivity contribution in [2.24, 2.45) is 17.3 Å². The molecule has 0 saturated heterocycles. The third kappa shape index (κ3) is 7.59. The molecule has 3 rings (SSSR count). The summed E-state index contributed by atoms with van der Waals surface area (Å²) < 4.78 is 16.7. The lowest BCUT2D eigenvalue weighted by atomic mass is 9.76. The Morgan fingerprint density at radius 3 is 2.65 bits per heavy atom. The number of carbonyl (C=O) groups excluding carboxylic acids is 1. The number of esters is 1. The van der Waals surface area contributed by atoms with Crippen molar-refractivity contribution in [3.63, 3.8) is 0 Å². The first-order valence-corrected chi connectivity index (χ1v) is 13.6. The number of thioether (sulfide) groups is 1. The Morgan fingerprint density at radius 1 is 1.16 bits per heavy atom. The van der Waals surface area contributed by atoms with E-state index in [2.05, 4.69) is 31.8 Å². The molecule has 7 nitrogen and oxygen atoms in total. The van der Waals surface area contributed by atoms with E-state index in [-0.39, 0.29) is 11.9 Å². The average Bonchev–Trinajstić information content (AvgIpc) is 2.87. The Bertz CT molecular complexity index is 1330. The van der Waals surface area contributed by atoms with E-state index in [4.69, 9.17) is 19.2 Å². The number of pyridine rings is 1. The lowest BCUT2D eigenvalue weighted by molar-refractivity contribution is -0.156. The first-order chi connectivity index (χ1) is 17.6. The Morgan fingerprint density at radius 2 is 1.92 bits per heavy atom. The highest BCUT2D eigenvalue weighted by atomic mass is 32.2. The molecule has 37 heavy (non-hydrogen) atoms. The van der Waals surface area contributed by atoms with Crippen LogP contribution in [0.15, 0.2) is 51.8 Å². The van der Waals surface area contributed by atoms with Crippen molar-refractivity contribution in [3.8, 4) is 23.1 Å². The van der Waals surface area contributed by atoms with Crippen LogP contribution in [-0.4, -0.2) is 35.7 Å². The van der Waals surface area contributed by atoms with Crippen LogP contribution in [0.5, 0.6) is 5.88 Å². The molecule has 0 fully saturated rings. The number of carbonyl (C=O) groups is 1. The molecule has 0 aliphatic heterocycles. The number of benzene rings is 1. The molecule has 1 atom stereocenters. The molecule has 0 aliphatic rings. The Kier molecular flexibility index (Phi) is 9.76. The van der Waals surface area contributed by atoms with Gasteiger partial charge >= 0.3 is 11.6 Å². The number of hydrogen-bond donors (Lipinski definition) is 0. The standard InChI is InChI=1S/C29H34N2O5S/c1-19(2)13-20(3)29(4,5)28(33)35-10-12-37-11-9-34-26-16-23-15-24(27(32)36-25(23)18-31-26)22-8-6-7-21(14-22)17-30/h6-8,14-16,18-20H,9-13H2,1-5H3. The number of ether oxygens (including phenoxy) is 2. The zero-order chi connectivity index (χ0) is 27.0. The van der Waals surface area contributed by atoms with Crippen molar-refractivity contribution in [2.45, 2.75) is 41.0 Å². The molecule has 2 heterocycles. The largest absolute Gasteiger partial charge is 0.477 e. The molecule has 0 aliphatic carbocycles. The number of nitriles is 1. The number of nitrogens with zero attached hydrogens (tertiary/aromatic N) is 2. The fraction of sp³-hybridized carbons (Fsp3) is 0.448. The van der Waals surface area contributed by atoms with Gasteiger partial charge in [0.15, 0.2) is 5.58 Å². The topological polar surface area (TPSA) is 102 Å². The van der Waals surface area contributed by atoms with Crippen molar-refractivity contribution < 1.29 is 18.7 Å².